The summed E-state index contributed by atoms with van der Waals surface area (Å²) in [6, 6.07) is 7.13. The number of fused-ring (bicyclic) bond motifs is 1. The molecule has 27 heavy (non-hydrogen) atoms. The van der Waals surface area contributed by atoms with Crippen molar-refractivity contribution in [2.24, 2.45) is 11.7 Å². The van der Waals surface area contributed by atoms with E-state index in [1.54, 1.807) is 0 Å². The molecular formula is C20H21F3N2O2. The van der Waals surface area contributed by atoms with Crippen LogP contribution < -0.4 is 10.5 Å². The Morgan fingerprint density at radius 2 is 1.89 bits per heavy atom. The average molecular weight is 378 g/mol. The summed E-state index contributed by atoms with van der Waals surface area (Å²) in [4.78, 5) is 4.56. The third kappa shape index (κ3) is 2.80. The lowest BCUT2D eigenvalue weighted by Gasteiger charge is -2.28. The molecule has 0 radical (unpaired) electrons. The lowest BCUT2D eigenvalue weighted by molar-refractivity contribution is 0.0178. The molecule has 0 saturated heterocycles. The fraction of sp³-hybridized carbons (Fsp3) is 0.450. The highest BCUT2D eigenvalue weighted by atomic mass is 19.1. The third-order valence-corrected chi connectivity index (χ3v) is 5.67. The zero-order valence-corrected chi connectivity index (χ0v) is 14.7. The van der Waals surface area contributed by atoms with E-state index in [1.807, 2.05) is 0 Å². The van der Waals surface area contributed by atoms with Crippen LogP contribution in [0.3, 0.4) is 0 Å². The zero-order valence-electron chi connectivity index (χ0n) is 14.7. The fourth-order valence-electron chi connectivity index (χ4n) is 3.68. The van der Waals surface area contributed by atoms with Gasteiger partial charge in [-0.15, -0.1) is 0 Å². The molecule has 2 heterocycles. The maximum Gasteiger partial charge on any atom is 0.149 e. The van der Waals surface area contributed by atoms with Gasteiger partial charge in [0.1, 0.15) is 42.8 Å². The van der Waals surface area contributed by atoms with Crippen molar-refractivity contribution in [3.05, 3.63) is 47.4 Å². The summed E-state index contributed by atoms with van der Waals surface area (Å²) >= 11 is 0. The molecule has 1 atom stereocenters. The van der Waals surface area contributed by atoms with Crippen LogP contribution in [0.15, 0.2) is 30.3 Å². The minimum Gasteiger partial charge on any atom is -0.490 e. The molecule has 1 aromatic carbocycles. The first kappa shape index (κ1) is 18.3. The molecule has 144 valence electrons. The molecule has 0 spiro atoms. The fourth-order valence-corrected chi connectivity index (χ4v) is 3.68. The Bertz CT molecular complexity index is 851. The molecule has 1 aliphatic heterocycles. The highest BCUT2D eigenvalue weighted by Crippen LogP contribution is 2.50. The molecule has 4 rings (SSSR count). The van der Waals surface area contributed by atoms with E-state index >= 15 is 0 Å². The van der Waals surface area contributed by atoms with E-state index in [0.717, 1.165) is 12.8 Å². The van der Waals surface area contributed by atoms with Gasteiger partial charge in [-0.25, -0.2) is 18.2 Å². The molecule has 1 fully saturated rings. The van der Waals surface area contributed by atoms with Crippen LogP contribution in [0.25, 0.3) is 11.3 Å². The molecule has 1 aliphatic carbocycles. The number of rotatable bonds is 6. The van der Waals surface area contributed by atoms with Gasteiger partial charge in [-0.2, -0.15) is 0 Å². The molecule has 3 N–H and O–H groups in total. The monoisotopic (exact) mass is 378 g/mol. The van der Waals surface area contributed by atoms with Crippen LogP contribution in [0.4, 0.5) is 13.2 Å². The molecule has 2 aliphatic rings. The van der Waals surface area contributed by atoms with Crippen molar-refractivity contribution in [2.75, 3.05) is 26.5 Å². The van der Waals surface area contributed by atoms with Crippen LogP contribution in [-0.4, -0.2) is 36.6 Å². The Kier molecular flexibility index (Phi) is 4.39. The standard InChI is InChI=1S/C20H21F3N2O2/c21-8-19(9-22)11-27-18-15(19)7-16(20(26,10-24)13-3-4-13)25-17(18)12-1-5-14(23)6-2-12/h1-2,5-7,13,26H,3-4,8-11,24H2/t20-/m1/s1. The minimum atomic E-state index is -1.43. The number of hydrogen-bond donors (Lipinski definition) is 2. The zero-order chi connectivity index (χ0) is 19.2. The highest BCUT2D eigenvalue weighted by molar-refractivity contribution is 5.71. The van der Waals surface area contributed by atoms with Gasteiger partial charge in [0.15, 0.2) is 0 Å². The molecular weight excluding hydrogens is 357 g/mol. The predicted molar refractivity (Wildman–Crippen MR) is 94.4 cm³/mol. The maximum atomic E-state index is 13.8. The number of aliphatic hydroxyl groups is 1. The molecule has 0 unspecified atom stereocenters. The van der Waals surface area contributed by atoms with Gasteiger partial charge in [-0.05, 0) is 49.1 Å². The van der Waals surface area contributed by atoms with Crippen molar-refractivity contribution in [2.45, 2.75) is 23.9 Å². The Morgan fingerprint density at radius 1 is 1.22 bits per heavy atom. The lowest BCUT2D eigenvalue weighted by atomic mass is 9.82. The van der Waals surface area contributed by atoms with Crippen LogP contribution in [0.5, 0.6) is 5.75 Å². The second-order valence-electron chi connectivity index (χ2n) is 7.48. The van der Waals surface area contributed by atoms with Crippen LogP contribution in [0.1, 0.15) is 24.1 Å². The van der Waals surface area contributed by atoms with Crippen molar-refractivity contribution in [3.63, 3.8) is 0 Å². The van der Waals surface area contributed by atoms with Gasteiger partial charge in [-0.3, -0.25) is 0 Å². The van der Waals surface area contributed by atoms with Crippen molar-refractivity contribution < 1.29 is 23.0 Å². The van der Waals surface area contributed by atoms with Gasteiger partial charge in [-0.1, -0.05) is 0 Å². The van der Waals surface area contributed by atoms with Crippen LogP contribution in [0.2, 0.25) is 0 Å². The first-order valence-electron chi connectivity index (χ1n) is 8.96. The van der Waals surface area contributed by atoms with E-state index in [4.69, 9.17) is 10.5 Å². The third-order valence-electron chi connectivity index (χ3n) is 5.67. The summed E-state index contributed by atoms with van der Waals surface area (Å²) in [6.07, 6.45) is 1.62. The average Bonchev–Trinajstić information content (AvgIpc) is 3.49. The lowest BCUT2D eigenvalue weighted by Crippen LogP contribution is -2.39. The van der Waals surface area contributed by atoms with E-state index in [-0.39, 0.29) is 30.5 Å². The number of ether oxygens (including phenoxy) is 1. The molecule has 1 aromatic heterocycles. The molecule has 7 heteroatoms. The van der Waals surface area contributed by atoms with E-state index < -0.39 is 30.2 Å². The number of alkyl halides is 2. The number of pyridine rings is 1. The summed E-state index contributed by atoms with van der Waals surface area (Å²) in [5, 5.41) is 11.1. The summed E-state index contributed by atoms with van der Waals surface area (Å²) < 4.78 is 46.6. The smallest absolute Gasteiger partial charge is 0.149 e. The largest absolute Gasteiger partial charge is 0.490 e. The molecule has 2 aromatic rings. The Labute approximate surface area is 155 Å². The van der Waals surface area contributed by atoms with Gasteiger partial charge in [0.05, 0.1) is 11.1 Å². The van der Waals surface area contributed by atoms with E-state index in [9.17, 15) is 18.3 Å². The number of benzene rings is 1. The summed E-state index contributed by atoms with van der Waals surface area (Å²) in [7, 11) is 0. The van der Waals surface area contributed by atoms with Crippen LogP contribution in [-0.2, 0) is 11.0 Å². The Hall–Kier alpha value is -2.12. The SMILES string of the molecule is NC[C@](O)(c1cc2c(c(-c3ccc(F)cc3)n1)OCC2(CF)CF)C1CC1. The van der Waals surface area contributed by atoms with Crippen molar-refractivity contribution >= 4 is 0 Å². The highest BCUT2D eigenvalue weighted by Gasteiger charge is 2.49. The second-order valence-corrected chi connectivity index (χ2v) is 7.48. The molecule has 0 bridgehead atoms. The molecule has 4 nitrogen and oxygen atoms in total. The van der Waals surface area contributed by atoms with E-state index in [2.05, 4.69) is 4.98 Å². The normalized spacial score (nSPS) is 20.0. The van der Waals surface area contributed by atoms with Gasteiger partial charge in [0, 0.05) is 17.7 Å². The van der Waals surface area contributed by atoms with Gasteiger partial charge >= 0.3 is 0 Å². The van der Waals surface area contributed by atoms with Gasteiger partial charge in [0.2, 0.25) is 0 Å². The number of hydrogen-bond acceptors (Lipinski definition) is 4. The quantitative estimate of drug-likeness (QED) is 0.811. The summed E-state index contributed by atoms with van der Waals surface area (Å²) in [5.74, 6) is -0.178. The Morgan fingerprint density at radius 3 is 2.44 bits per heavy atom. The van der Waals surface area contributed by atoms with E-state index in [0.29, 0.717) is 16.8 Å². The first-order chi connectivity index (χ1) is 13.0. The van der Waals surface area contributed by atoms with Crippen molar-refractivity contribution in [1.82, 2.24) is 4.98 Å². The van der Waals surface area contributed by atoms with Crippen molar-refractivity contribution in [1.29, 1.82) is 0 Å². The van der Waals surface area contributed by atoms with Gasteiger partial charge in [0.25, 0.3) is 0 Å². The molecule has 0 amide bonds. The second kappa shape index (κ2) is 6.49. The molecule has 1 saturated carbocycles. The number of nitrogens with zero attached hydrogens (tertiary/aromatic N) is 1. The van der Waals surface area contributed by atoms with Gasteiger partial charge < -0.3 is 15.6 Å². The summed E-state index contributed by atoms with van der Waals surface area (Å²) in [6.45, 7) is -2.08. The predicted octanol–water partition coefficient (Wildman–Crippen LogP) is 3.01. The maximum absolute atomic E-state index is 13.8. The van der Waals surface area contributed by atoms with Crippen LogP contribution in [0, 0.1) is 11.7 Å². The Balaban J connectivity index is 1.94. The van der Waals surface area contributed by atoms with Crippen molar-refractivity contribution in [3.8, 4) is 17.0 Å². The van der Waals surface area contributed by atoms with Crippen LogP contribution >= 0.6 is 0 Å². The van der Waals surface area contributed by atoms with E-state index in [1.165, 1.54) is 30.3 Å². The topological polar surface area (TPSA) is 68.4 Å². The number of halogens is 3. The minimum absolute atomic E-state index is 0.0402. The number of nitrogens with two attached hydrogens (primary N) is 1. The summed E-state index contributed by atoms with van der Waals surface area (Å²) in [5.41, 5.74) is 4.54. The first-order valence-corrected chi connectivity index (χ1v) is 8.96. The number of aromatic nitrogens is 1.